The molecule has 0 radical (unpaired) electrons. The van der Waals surface area contributed by atoms with Crippen molar-refractivity contribution in [2.75, 3.05) is 36.5 Å². The molecular weight excluding hydrogens is 546 g/mol. The van der Waals surface area contributed by atoms with E-state index in [0.717, 1.165) is 5.69 Å². The monoisotopic (exact) mass is 567 g/mol. The lowest BCUT2D eigenvalue weighted by Gasteiger charge is -2.41. The molecular formula is C24H21F4N5O3S2. The molecule has 1 aliphatic rings. The van der Waals surface area contributed by atoms with Crippen LogP contribution >= 0.6 is 11.3 Å². The number of nitriles is 1. The summed E-state index contributed by atoms with van der Waals surface area (Å²) in [6, 6.07) is 13.1. The number of anilines is 2. The van der Waals surface area contributed by atoms with E-state index in [2.05, 4.69) is 4.98 Å². The van der Waals surface area contributed by atoms with Gasteiger partial charge in [-0.2, -0.15) is 18.4 Å². The number of carbonyl (C=O) groups is 1. The lowest BCUT2D eigenvalue weighted by molar-refractivity contribution is -0.123. The molecule has 3 aromatic rings. The standard InChI is InChI=1S/C24H21F4N5O3S2/c1-14-22(38(35,36)30-13-24(26,27)28)37-23(31-14)32(2)21(34)17-11-33(12-17)18-6-4-16(5-7-18)19-9-15(10-29)3-8-20(19)25/h3-9,17,30H,11-13H2,1-2H3. The first-order valence-electron chi connectivity index (χ1n) is 11.2. The van der Waals surface area contributed by atoms with Gasteiger partial charge in [-0.1, -0.05) is 23.5 Å². The van der Waals surface area contributed by atoms with Crippen molar-refractivity contribution in [1.29, 1.82) is 5.26 Å². The van der Waals surface area contributed by atoms with E-state index >= 15 is 0 Å². The Labute approximate surface area is 220 Å². The number of rotatable bonds is 7. The number of benzene rings is 2. The predicted molar refractivity (Wildman–Crippen MR) is 134 cm³/mol. The molecule has 14 heteroatoms. The van der Waals surface area contributed by atoms with Gasteiger partial charge in [0.15, 0.2) is 9.34 Å². The minimum Gasteiger partial charge on any atom is -0.370 e. The van der Waals surface area contributed by atoms with Gasteiger partial charge in [0.05, 0.1) is 23.2 Å². The van der Waals surface area contributed by atoms with Gasteiger partial charge >= 0.3 is 6.18 Å². The number of aryl methyl sites for hydroxylation is 1. The molecule has 0 aliphatic carbocycles. The number of carbonyl (C=O) groups excluding carboxylic acids is 1. The number of sulfonamides is 1. The largest absolute Gasteiger partial charge is 0.402 e. The first-order valence-corrected chi connectivity index (χ1v) is 13.5. The van der Waals surface area contributed by atoms with Crippen molar-refractivity contribution in [3.63, 3.8) is 0 Å². The van der Waals surface area contributed by atoms with E-state index in [1.807, 2.05) is 11.0 Å². The number of halogens is 4. The maximum absolute atomic E-state index is 14.2. The van der Waals surface area contributed by atoms with Crippen molar-refractivity contribution in [3.8, 4) is 17.2 Å². The van der Waals surface area contributed by atoms with Gasteiger partial charge < -0.3 is 4.90 Å². The summed E-state index contributed by atoms with van der Waals surface area (Å²) in [7, 11) is -3.02. The van der Waals surface area contributed by atoms with Crippen LogP contribution in [0.15, 0.2) is 46.7 Å². The number of aromatic nitrogens is 1. The molecule has 4 rings (SSSR count). The summed E-state index contributed by atoms with van der Waals surface area (Å²) in [5.41, 5.74) is 2.06. The van der Waals surface area contributed by atoms with Gasteiger partial charge in [-0.15, -0.1) is 0 Å². The summed E-state index contributed by atoms with van der Waals surface area (Å²) in [6.07, 6.45) is -4.71. The zero-order valence-corrected chi connectivity index (χ0v) is 21.7. The Morgan fingerprint density at radius 2 is 1.89 bits per heavy atom. The maximum atomic E-state index is 14.2. The van der Waals surface area contributed by atoms with E-state index in [-0.39, 0.29) is 20.9 Å². The van der Waals surface area contributed by atoms with Crippen LogP contribution in [-0.4, -0.2) is 52.2 Å². The highest BCUT2D eigenvalue weighted by Crippen LogP contribution is 2.33. The molecule has 1 amide bonds. The molecule has 1 aliphatic heterocycles. The van der Waals surface area contributed by atoms with Crippen molar-refractivity contribution in [2.24, 2.45) is 5.92 Å². The summed E-state index contributed by atoms with van der Waals surface area (Å²) in [5.74, 6) is -1.16. The lowest BCUT2D eigenvalue weighted by atomic mass is 9.96. The number of nitrogens with one attached hydrogen (secondary N) is 1. The summed E-state index contributed by atoms with van der Waals surface area (Å²) >= 11 is 0.618. The molecule has 1 N–H and O–H groups in total. The zero-order chi connectivity index (χ0) is 27.8. The Bertz CT molecular complexity index is 1510. The van der Waals surface area contributed by atoms with Gasteiger partial charge in [0.25, 0.3) is 10.0 Å². The van der Waals surface area contributed by atoms with E-state index in [0.29, 0.717) is 41.1 Å². The van der Waals surface area contributed by atoms with Crippen LogP contribution in [0.2, 0.25) is 0 Å². The molecule has 0 bridgehead atoms. The molecule has 1 saturated heterocycles. The molecule has 8 nitrogen and oxygen atoms in total. The fraction of sp³-hybridized carbons (Fsp3) is 0.292. The number of thiazole rings is 1. The SMILES string of the molecule is Cc1nc(N(C)C(=O)C2CN(c3ccc(-c4cc(C#N)ccc4F)cc3)C2)sc1S(=O)(=O)NCC(F)(F)F. The Morgan fingerprint density at radius 1 is 1.24 bits per heavy atom. The molecule has 1 fully saturated rings. The quantitative estimate of drug-likeness (QED) is 0.432. The summed E-state index contributed by atoms with van der Waals surface area (Å²) < 4.78 is 77.3. The van der Waals surface area contributed by atoms with Crippen LogP contribution in [0.5, 0.6) is 0 Å². The Morgan fingerprint density at radius 3 is 2.50 bits per heavy atom. The first-order chi connectivity index (χ1) is 17.8. The van der Waals surface area contributed by atoms with Gasteiger partial charge in [-0.25, -0.2) is 22.5 Å². The highest BCUT2D eigenvalue weighted by molar-refractivity contribution is 7.91. The minimum atomic E-state index is -4.71. The van der Waals surface area contributed by atoms with E-state index in [1.165, 1.54) is 41.8 Å². The van der Waals surface area contributed by atoms with Crippen LogP contribution in [0, 0.1) is 30.0 Å². The van der Waals surface area contributed by atoms with E-state index in [1.54, 1.807) is 24.3 Å². The van der Waals surface area contributed by atoms with Gasteiger partial charge in [-0.05, 0) is 42.8 Å². The second kappa shape index (κ2) is 10.3. The van der Waals surface area contributed by atoms with Gasteiger partial charge in [0, 0.05) is 31.4 Å². The molecule has 1 aromatic heterocycles. The van der Waals surface area contributed by atoms with Crippen LogP contribution < -0.4 is 14.5 Å². The van der Waals surface area contributed by atoms with Crippen LogP contribution in [-0.2, 0) is 14.8 Å². The Hall–Kier alpha value is -3.54. The third-order valence-electron chi connectivity index (χ3n) is 5.94. The summed E-state index contributed by atoms with van der Waals surface area (Å²) in [4.78, 5) is 20.2. The van der Waals surface area contributed by atoms with Crippen molar-refractivity contribution in [3.05, 3.63) is 59.5 Å². The molecule has 0 spiro atoms. The molecule has 2 aromatic carbocycles. The number of nitrogens with zero attached hydrogens (tertiary/aromatic N) is 4. The van der Waals surface area contributed by atoms with Crippen LogP contribution in [0.25, 0.3) is 11.1 Å². The molecule has 200 valence electrons. The third-order valence-corrected chi connectivity index (χ3v) is 9.18. The number of alkyl halides is 3. The smallest absolute Gasteiger partial charge is 0.370 e. The molecule has 0 saturated carbocycles. The summed E-state index contributed by atoms with van der Waals surface area (Å²) in [5, 5.41) is 9.12. The number of hydrogen-bond donors (Lipinski definition) is 1. The average Bonchev–Trinajstić information content (AvgIpc) is 3.24. The van der Waals surface area contributed by atoms with Crippen molar-refractivity contribution in [2.45, 2.75) is 17.3 Å². The lowest BCUT2D eigenvalue weighted by Crippen LogP contribution is -2.54. The topological polar surface area (TPSA) is 106 Å². The predicted octanol–water partition coefficient (Wildman–Crippen LogP) is 4.07. The van der Waals surface area contributed by atoms with Crippen molar-refractivity contribution < 1.29 is 30.8 Å². The molecule has 0 unspecified atom stereocenters. The summed E-state index contributed by atoms with van der Waals surface area (Å²) in [6.45, 7) is 0.390. The fourth-order valence-corrected chi connectivity index (χ4v) is 6.41. The fourth-order valence-electron chi connectivity index (χ4n) is 3.89. The molecule has 0 atom stereocenters. The van der Waals surface area contributed by atoms with Gasteiger partial charge in [0.1, 0.15) is 12.4 Å². The second-order valence-electron chi connectivity index (χ2n) is 8.66. The average molecular weight is 568 g/mol. The minimum absolute atomic E-state index is 0.00797. The molecule has 38 heavy (non-hydrogen) atoms. The molecule has 2 heterocycles. The number of amides is 1. The van der Waals surface area contributed by atoms with Crippen molar-refractivity contribution in [1.82, 2.24) is 9.71 Å². The van der Waals surface area contributed by atoms with Gasteiger partial charge in [0.2, 0.25) is 5.91 Å². The van der Waals surface area contributed by atoms with Crippen LogP contribution in [0.1, 0.15) is 11.3 Å². The zero-order valence-electron chi connectivity index (χ0n) is 20.1. The first kappa shape index (κ1) is 27.5. The van der Waals surface area contributed by atoms with E-state index in [9.17, 15) is 30.8 Å². The van der Waals surface area contributed by atoms with E-state index in [4.69, 9.17) is 5.26 Å². The van der Waals surface area contributed by atoms with Crippen LogP contribution in [0.4, 0.5) is 28.4 Å². The van der Waals surface area contributed by atoms with Gasteiger partial charge in [-0.3, -0.25) is 9.69 Å². The third kappa shape index (κ3) is 5.79. The highest BCUT2D eigenvalue weighted by atomic mass is 32.2. The van der Waals surface area contributed by atoms with Crippen LogP contribution in [0.3, 0.4) is 0 Å². The number of hydrogen-bond acceptors (Lipinski definition) is 7. The Kier molecular flexibility index (Phi) is 7.46. The Balaban J connectivity index is 1.39. The van der Waals surface area contributed by atoms with Crippen molar-refractivity contribution >= 4 is 38.1 Å². The second-order valence-corrected chi connectivity index (χ2v) is 11.6. The normalized spacial score (nSPS) is 14.2. The maximum Gasteiger partial charge on any atom is 0.402 e. The van der Waals surface area contributed by atoms with E-state index < -0.39 is 34.5 Å². The highest BCUT2D eigenvalue weighted by Gasteiger charge is 2.37.